The van der Waals surface area contributed by atoms with E-state index in [1.165, 1.54) is 16.7 Å². The number of ether oxygens (including phenoxy) is 1. The zero-order valence-corrected chi connectivity index (χ0v) is 18.0. The van der Waals surface area contributed by atoms with Crippen LogP contribution in [0.5, 0.6) is 5.75 Å². The fraction of sp³-hybridized carbons (Fsp3) is 0.409. The van der Waals surface area contributed by atoms with E-state index in [0.717, 1.165) is 10.0 Å². The van der Waals surface area contributed by atoms with Crippen molar-refractivity contribution in [3.63, 3.8) is 0 Å². The molecule has 0 heterocycles. The van der Waals surface area contributed by atoms with Crippen molar-refractivity contribution >= 4 is 21.8 Å². The van der Waals surface area contributed by atoms with E-state index in [2.05, 4.69) is 74.1 Å². The maximum absolute atomic E-state index is 12.3. The lowest BCUT2D eigenvalue weighted by Gasteiger charge is -2.20. The Morgan fingerprint density at radius 2 is 1.85 bits per heavy atom. The minimum atomic E-state index is -0.134. The number of hydrogen-bond donors (Lipinski definition) is 1. The van der Waals surface area contributed by atoms with Crippen molar-refractivity contribution in [3.05, 3.63) is 63.1 Å². The van der Waals surface area contributed by atoms with Crippen LogP contribution in [-0.2, 0) is 10.2 Å². The lowest BCUT2D eigenvalue weighted by Crippen LogP contribution is -2.31. The summed E-state index contributed by atoms with van der Waals surface area (Å²) in [6, 6.07) is 12.2. The molecular formula is C22H28BrNO2. The fourth-order valence-corrected chi connectivity index (χ4v) is 3.31. The lowest BCUT2D eigenvalue weighted by molar-refractivity contribution is -0.123. The molecular weight excluding hydrogens is 390 g/mol. The Morgan fingerprint density at radius 1 is 1.15 bits per heavy atom. The number of nitrogens with one attached hydrogen (secondary N) is 1. The zero-order valence-electron chi connectivity index (χ0n) is 16.4. The quantitative estimate of drug-likeness (QED) is 0.685. The molecule has 0 unspecified atom stereocenters. The number of aryl methyl sites for hydroxylation is 2. The van der Waals surface area contributed by atoms with Gasteiger partial charge in [-0.05, 0) is 70.9 Å². The van der Waals surface area contributed by atoms with E-state index >= 15 is 0 Å². The number of carbonyl (C=O) groups is 1. The van der Waals surface area contributed by atoms with Gasteiger partial charge in [0.05, 0.1) is 10.5 Å². The Hall–Kier alpha value is -1.81. The van der Waals surface area contributed by atoms with Gasteiger partial charge in [0.2, 0.25) is 0 Å². The van der Waals surface area contributed by atoms with Crippen LogP contribution in [-0.4, -0.2) is 12.5 Å². The predicted molar refractivity (Wildman–Crippen MR) is 111 cm³/mol. The smallest absolute Gasteiger partial charge is 0.258 e. The average Bonchev–Trinajstić information content (AvgIpc) is 2.54. The van der Waals surface area contributed by atoms with Gasteiger partial charge in [-0.25, -0.2) is 0 Å². The van der Waals surface area contributed by atoms with Crippen LogP contribution in [0, 0.1) is 13.8 Å². The maximum Gasteiger partial charge on any atom is 0.258 e. The van der Waals surface area contributed by atoms with Crippen molar-refractivity contribution < 1.29 is 9.53 Å². The Kier molecular flexibility index (Phi) is 6.51. The van der Waals surface area contributed by atoms with Gasteiger partial charge in [-0.1, -0.05) is 50.6 Å². The number of amides is 1. The first-order valence-electron chi connectivity index (χ1n) is 8.87. The van der Waals surface area contributed by atoms with Gasteiger partial charge < -0.3 is 10.1 Å². The molecule has 1 N–H and O–H groups in total. The Balaban J connectivity index is 1.97. The molecule has 3 nitrogen and oxygen atoms in total. The summed E-state index contributed by atoms with van der Waals surface area (Å²) < 4.78 is 6.56. The summed E-state index contributed by atoms with van der Waals surface area (Å²) in [7, 11) is 0. The van der Waals surface area contributed by atoms with E-state index in [1.54, 1.807) is 0 Å². The summed E-state index contributed by atoms with van der Waals surface area (Å²) in [6.45, 7) is 12.6. The van der Waals surface area contributed by atoms with Crippen molar-refractivity contribution in [2.45, 2.75) is 53.0 Å². The first-order chi connectivity index (χ1) is 12.1. The van der Waals surface area contributed by atoms with E-state index < -0.39 is 0 Å². The topological polar surface area (TPSA) is 38.3 Å². The predicted octanol–water partition coefficient (Wildman–Crippen LogP) is 5.62. The molecule has 0 aliphatic heterocycles. The average molecular weight is 418 g/mol. The van der Waals surface area contributed by atoms with Gasteiger partial charge in [-0.15, -0.1) is 0 Å². The molecule has 0 spiro atoms. The molecule has 2 rings (SSSR count). The standard InChI is InChI=1S/C22H28BrNO2/c1-14-7-8-15(2)18(11-14)16(3)24-21(25)13-26-20-10-9-17(12-19(20)23)22(4,5)6/h7-12,16H,13H2,1-6H3,(H,24,25)/t16-/m1/s1. The normalized spacial score (nSPS) is 12.6. The number of rotatable bonds is 5. The highest BCUT2D eigenvalue weighted by atomic mass is 79.9. The van der Waals surface area contributed by atoms with Crippen LogP contribution >= 0.6 is 15.9 Å². The fourth-order valence-electron chi connectivity index (χ4n) is 2.82. The van der Waals surface area contributed by atoms with Crippen molar-refractivity contribution in [2.24, 2.45) is 0 Å². The van der Waals surface area contributed by atoms with Crippen molar-refractivity contribution in [1.82, 2.24) is 5.32 Å². The zero-order chi connectivity index (χ0) is 19.5. The van der Waals surface area contributed by atoms with Crippen LogP contribution in [0.3, 0.4) is 0 Å². The van der Waals surface area contributed by atoms with E-state index in [-0.39, 0.29) is 24.0 Å². The lowest BCUT2D eigenvalue weighted by atomic mass is 9.87. The Morgan fingerprint density at radius 3 is 2.46 bits per heavy atom. The van der Waals surface area contributed by atoms with E-state index in [4.69, 9.17) is 4.74 Å². The highest BCUT2D eigenvalue weighted by Crippen LogP contribution is 2.31. The molecule has 0 saturated heterocycles. The molecule has 140 valence electrons. The molecule has 0 radical (unpaired) electrons. The third kappa shape index (κ3) is 5.34. The van der Waals surface area contributed by atoms with Crippen LogP contribution in [0.15, 0.2) is 40.9 Å². The van der Waals surface area contributed by atoms with Gasteiger partial charge in [0.1, 0.15) is 5.75 Å². The highest BCUT2D eigenvalue weighted by Gasteiger charge is 2.16. The highest BCUT2D eigenvalue weighted by molar-refractivity contribution is 9.10. The Labute approximate surface area is 165 Å². The van der Waals surface area contributed by atoms with Crippen molar-refractivity contribution in [1.29, 1.82) is 0 Å². The van der Waals surface area contributed by atoms with Gasteiger partial charge in [0, 0.05) is 0 Å². The molecule has 0 bridgehead atoms. The van der Waals surface area contributed by atoms with E-state index in [1.807, 2.05) is 25.1 Å². The summed E-state index contributed by atoms with van der Waals surface area (Å²) in [5.74, 6) is 0.540. The number of benzene rings is 2. The molecule has 0 aromatic heterocycles. The Bertz CT molecular complexity index is 793. The van der Waals surface area contributed by atoms with Gasteiger partial charge in [-0.2, -0.15) is 0 Å². The molecule has 2 aromatic carbocycles. The minimum absolute atomic E-state index is 0.0112. The van der Waals surface area contributed by atoms with Gasteiger partial charge in [0.25, 0.3) is 5.91 Å². The molecule has 0 aliphatic carbocycles. The molecule has 26 heavy (non-hydrogen) atoms. The van der Waals surface area contributed by atoms with Crippen LogP contribution in [0.1, 0.15) is 56.0 Å². The van der Waals surface area contributed by atoms with Crippen LogP contribution in [0.25, 0.3) is 0 Å². The van der Waals surface area contributed by atoms with Crippen LogP contribution in [0.2, 0.25) is 0 Å². The molecule has 2 aromatic rings. The molecule has 1 atom stereocenters. The number of hydrogen-bond acceptors (Lipinski definition) is 2. The van der Waals surface area contributed by atoms with Crippen molar-refractivity contribution in [3.8, 4) is 5.75 Å². The van der Waals surface area contributed by atoms with Crippen LogP contribution < -0.4 is 10.1 Å². The number of halogens is 1. The summed E-state index contributed by atoms with van der Waals surface area (Å²) in [5, 5.41) is 3.01. The second kappa shape index (κ2) is 8.26. The van der Waals surface area contributed by atoms with Gasteiger partial charge in [-0.3, -0.25) is 4.79 Å². The molecule has 0 saturated carbocycles. The summed E-state index contributed by atoms with van der Waals surface area (Å²) >= 11 is 3.54. The van der Waals surface area contributed by atoms with Gasteiger partial charge in [0.15, 0.2) is 6.61 Å². The number of carbonyl (C=O) groups excluding carboxylic acids is 1. The monoisotopic (exact) mass is 417 g/mol. The summed E-state index contributed by atoms with van der Waals surface area (Å²) in [6.07, 6.45) is 0. The van der Waals surface area contributed by atoms with Crippen molar-refractivity contribution in [2.75, 3.05) is 6.61 Å². The third-order valence-corrected chi connectivity index (χ3v) is 5.06. The van der Waals surface area contributed by atoms with Crippen LogP contribution in [0.4, 0.5) is 0 Å². The molecule has 4 heteroatoms. The first kappa shape index (κ1) is 20.5. The second-order valence-corrected chi connectivity index (χ2v) is 8.69. The van der Waals surface area contributed by atoms with E-state index in [0.29, 0.717) is 5.75 Å². The SMILES string of the molecule is Cc1ccc(C)c([C@@H](C)NC(=O)COc2ccc(C(C)(C)C)cc2Br)c1. The maximum atomic E-state index is 12.3. The third-order valence-electron chi connectivity index (χ3n) is 4.44. The summed E-state index contributed by atoms with van der Waals surface area (Å²) in [5.41, 5.74) is 4.77. The second-order valence-electron chi connectivity index (χ2n) is 7.83. The summed E-state index contributed by atoms with van der Waals surface area (Å²) in [4.78, 5) is 12.3. The largest absolute Gasteiger partial charge is 0.483 e. The molecule has 1 amide bonds. The molecule has 0 aliphatic rings. The van der Waals surface area contributed by atoms with Gasteiger partial charge >= 0.3 is 0 Å². The molecule has 0 fully saturated rings. The first-order valence-corrected chi connectivity index (χ1v) is 9.66. The van der Waals surface area contributed by atoms with E-state index in [9.17, 15) is 4.79 Å². The minimum Gasteiger partial charge on any atom is -0.483 e.